The number of nitrogens with zero attached hydrogens (tertiary/aromatic N) is 1. The van der Waals surface area contributed by atoms with Crippen molar-refractivity contribution in [3.63, 3.8) is 0 Å². The van der Waals surface area contributed by atoms with Crippen molar-refractivity contribution in [1.82, 2.24) is 10.2 Å². The number of hydrogen-bond acceptors (Lipinski definition) is 3. The number of hydrogen-bond donors (Lipinski definition) is 2. The fourth-order valence-electron chi connectivity index (χ4n) is 5.01. The van der Waals surface area contributed by atoms with Crippen molar-refractivity contribution < 1.29 is 19.5 Å². The van der Waals surface area contributed by atoms with Crippen LogP contribution in [-0.4, -0.2) is 34.3 Å². The van der Waals surface area contributed by atoms with Gasteiger partial charge in [-0.25, -0.2) is 0 Å². The van der Waals surface area contributed by atoms with Gasteiger partial charge < -0.3 is 15.3 Å². The average molecular weight is 519 g/mol. The lowest BCUT2D eigenvalue weighted by molar-refractivity contribution is -0.137. The van der Waals surface area contributed by atoms with Crippen LogP contribution in [0.15, 0.2) is 72.8 Å². The van der Waals surface area contributed by atoms with E-state index in [4.69, 9.17) is 16.7 Å². The second-order valence-electron chi connectivity index (χ2n) is 9.41. The molecule has 1 aliphatic heterocycles. The maximum atomic E-state index is 14.1. The molecule has 0 radical (unpaired) electrons. The van der Waals surface area contributed by atoms with Gasteiger partial charge in [0.1, 0.15) is 0 Å². The zero-order valence-corrected chi connectivity index (χ0v) is 21.6. The van der Waals surface area contributed by atoms with Crippen LogP contribution in [0.2, 0.25) is 5.02 Å². The van der Waals surface area contributed by atoms with Crippen LogP contribution in [-0.2, 0) is 22.7 Å². The molecule has 37 heavy (non-hydrogen) atoms. The number of halogens is 1. The van der Waals surface area contributed by atoms with Gasteiger partial charge in [0.2, 0.25) is 5.91 Å². The lowest BCUT2D eigenvalue weighted by atomic mass is 9.77. The summed E-state index contributed by atoms with van der Waals surface area (Å²) >= 11 is 6.18. The molecule has 0 aliphatic carbocycles. The molecule has 2 N–H and O–H groups in total. The largest absolute Gasteiger partial charge is 0.481 e. The lowest BCUT2D eigenvalue weighted by Crippen LogP contribution is -2.34. The standard InChI is InChI=1S/C30H31ClN2O4/c1-2-5-26(20-8-10-22(11-9-20)29(36)32-17-16-27(34)35)28(21-12-14-25(31)15-13-21)30(37)33-18-23-6-3-4-7-24(23)19-33/h3-4,6-15,26,28H,2,5,16-19H2,1H3,(H,32,36)(H,34,35). The number of aliphatic carboxylic acids is 1. The molecule has 2 amide bonds. The molecule has 0 fully saturated rings. The van der Waals surface area contributed by atoms with Crippen LogP contribution < -0.4 is 5.32 Å². The third-order valence-corrected chi connectivity index (χ3v) is 7.13. The molecule has 3 aromatic rings. The first-order chi connectivity index (χ1) is 17.9. The maximum absolute atomic E-state index is 14.1. The summed E-state index contributed by atoms with van der Waals surface area (Å²) in [6.07, 6.45) is 1.55. The topological polar surface area (TPSA) is 86.7 Å². The maximum Gasteiger partial charge on any atom is 0.305 e. The van der Waals surface area contributed by atoms with Crippen LogP contribution in [0.3, 0.4) is 0 Å². The van der Waals surface area contributed by atoms with Crippen LogP contribution in [0.25, 0.3) is 0 Å². The Morgan fingerprint density at radius 2 is 1.51 bits per heavy atom. The molecule has 0 aromatic heterocycles. The molecule has 6 nitrogen and oxygen atoms in total. The number of rotatable bonds is 10. The predicted molar refractivity (Wildman–Crippen MR) is 144 cm³/mol. The lowest BCUT2D eigenvalue weighted by Gasteiger charge is -2.31. The molecule has 2 atom stereocenters. The molecule has 3 aromatic carbocycles. The summed E-state index contributed by atoms with van der Waals surface area (Å²) in [5.41, 5.74) is 4.70. The van der Waals surface area contributed by atoms with E-state index in [-0.39, 0.29) is 30.7 Å². The molecular formula is C30H31ClN2O4. The van der Waals surface area contributed by atoms with Crippen molar-refractivity contribution >= 4 is 29.4 Å². The molecule has 192 valence electrons. The Morgan fingerprint density at radius 1 is 0.919 bits per heavy atom. The van der Waals surface area contributed by atoms with Gasteiger partial charge in [-0.3, -0.25) is 14.4 Å². The second kappa shape index (κ2) is 12.1. The molecule has 0 saturated heterocycles. The van der Waals surface area contributed by atoms with E-state index >= 15 is 0 Å². The van der Waals surface area contributed by atoms with Crippen molar-refractivity contribution in [2.24, 2.45) is 0 Å². The van der Waals surface area contributed by atoms with Gasteiger partial charge in [-0.05, 0) is 58.9 Å². The Kier molecular flexibility index (Phi) is 8.62. The van der Waals surface area contributed by atoms with Crippen LogP contribution >= 0.6 is 11.6 Å². The van der Waals surface area contributed by atoms with E-state index in [1.165, 1.54) is 11.1 Å². The van der Waals surface area contributed by atoms with Crippen molar-refractivity contribution in [3.05, 3.63) is 106 Å². The Balaban J connectivity index is 1.62. The van der Waals surface area contributed by atoms with Gasteiger partial charge in [0, 0.05) is 30.2 Å². The third-order valence-electron chi connectivity index (χ3n) is 6.88. The smallest absolute Gasteiger partial charge is 0.305 e. The van der Waals surface area contributed by atoms with Gasteiger partial charge in [-0.2, -0.15) is 0 Å². The van der Waals surface area contributed by atoms with Gasteiger partial charge in [0.25, 0.3) is 5.91 Å². The highest BCUT2D eigenvalue weighted by molar-refractivity contribution is 6.30. The fourth-order valence-corrected chi connectivity index (χ4v) is 5.13. The SMILES string of the molecule is CCCC(c1ccc(C(=O)NCCC(=O)O)cc1)C(C(=O)N1Cc2ccccc2C1)c1ccc(Cl)cc1. The Labute approximate surface area is 222 Å². The van der Waals surface area contributed by atoms with Crippen molar-refractivity contribution in [3.8, 4) is 0 Å². The zero-order chi connectivity index (χ0) is 26.4. The minimum Gasteiger partial charge on any atom is -0.481 e. The van der Waals surface area contributed by atoms with E-state index in [1.54, 1.807) is 12.1 Å². The Morgan fingerprint density at radius 3 is 2.08 bits per heavy atom. The first-order valence-corrected chi connectivity index (χ1v) is 13.0. The Bertz CT molecular complexity index is 1230. The van der Waals surface area contributed by atoms with E-state index in [9.17, 15) is 14.4 Å². The van der Waals surface area contributed by atoms with E-state index in [1.807, 2.05) is 53.4 Å². The molecule has 4 rings (SSSR count). The van der Waals surface area contributed by atoms with Gasteiger partial charge in [-0.1, -0.05) is 73.5 Å². The summed E-state index contributed by atoms with van der Waals surface area (Å²) < 4.78 is 0. The minimum absolute atomic E-state index is 0.0692. The first-order valence-electron chi connectivity index (χ1n) is 12.6. The molecule has 0 spiro atoms. The van der Waals surface area contributed by atoms with E-state index in [0.717, 1.165) is 24.0 Å². The summed E-state index contributed by atoms with van der Waals surface area (Å²) in [5.74, 6) is -1.70. The number of carbonyl (C=O) groups is 3. The number of nitrogens with one attached hydrogen (secondary N) is 1. The number of carboxylic acids is 1. The first kappa shape index (κ1) is 26.4. The van der Waals surface area contributed by atoms with Gasteiger partial charge in [0.15, 0.2) is 0 Å². The summed E-state index contributed by atoms with van der Waals surface area (Å²) in [7, 11) is 0. The van der Waals surface area contributed by atoms with Crippen LogP contribution in [0.4, 0.5) is 0 Å². The highest BCUT2D eigenvalue weighted by Gasteiger charge is 2.36. The monoisotopic (exact) mass is 518 g/mol. The van der Waals surface area contributed by atoms with E-state index in [0.29, 0.717) is 23.7 Å². The summed E-state index contributed by atoms with van der Waals surface area (Å²) in [4.78, 5) is 39.2. The minimum atomic E-state index is -0.961. The van der Waals surface area contributed by atoms with Gasteiger partial charge >= 0.3 is 5.97 Å². The quantitative estimate of drug-likeness (QED) is 0.357. The second-order valence-corrected chi connectivity index (χ2v) is 9.85. The number of amides is 2. The van der Waals surface area contributed by atoms with Crippen molar-refractivity contribution in [1.29, 1.82) is 0 Å². The Hall–Kier alpha value is -3.64. The summed E-state index contributed by atoms with van der Waals surface area (Å²) in [6, 6.07) is 22.9. The van der Waals surface area contributed by atoms with E-state index < -0.39 is 11.9 Å². The van der Waals surface area contributed by atoms with Crippen LogP contribution in [0.5, 0.6) is 0 Å². The third kappa shape index (κ3) is 6.38. The van der Waals surface area contributed by atoms with Gasteiger partial charge in [0.05, 0.1) is 12.3 Å². The number of carboxylic acid groups (broad SMARTS) is 1. The molecule has 0 saturated carbocycles. The molecular weight excluding hydrogens is 488 g/mol. The normalized spacial score (nSPS) is 14.1. The fraction of sp³-hybridized carbons (Fsp3) is 0.300. The molecule has 1 heterocycles. The highest BCUT2D eigenvalue weighted by atomic mass is 35.5. The number of benzene rings is 3. The van der Waals surface area contributed by atoms with Crippen LogP contribution in [0.1, 0.15) is 70.6 Å². The van der Waals surface area contributed by atoms with Crippen LogP contribution in [0, 0.1) is 0 Å². The number of fused-ring (bicyclic) bond motifs is 1. The van der Waals surface area contributed by atoms with Crippen molar-refractivity contribution in [2.45, 2.75) is 51.1 Å². The number of carbonyl (C=O) groups excluding carboxylic acids is 2. The summed E-state index contributed by atoms with van der Waals surface area (Å²) in [5, 5.41) is 12.0. The van der Waals surface area contributed by atoms with Crippen molar-refractivity contribution in [2.75, 3.05) is 6.54 Å². The predicted octanol–water partition coefficient (Wildman–Crippen LogP) is 5.75. The average Bonchev–Trinajstić information content (AvgIpc) is 3.34. The molecule has 0 bridgehead atoms. The van der Waals surface area contributed by atoms with E-state index in [2.05, 4.69) is 24.4 Å². The summed E-state index contributed by atoms with van der Waals surface area (Å²) in [6.45, 7) is 3.35. The molecule has 2 unspecified atom stereocenters. The molecule has 7 heteroatoms. The highest BCUT2D eigenvalue weighted by Crippen LogP contribution is 2.40. The van der Waals surface area contributed by atoms with Gasteiger partial charge in [-0.15, -0.1) is 0 Å². The zero-order valence-electron chi connectivity index (χ0n) is 20.8. The molecule has 1 aliphatic rings.